The largest absolute Gasteiger partial charge is 0.311 e. The lowest BCUT2D eigenvalue weighted by Gasteiger charge is -2.26. The highest BCUT2D eigenvalue weighted by molar-refractivity contribution is 6.88. The second kappa shape index (κ2) is 15.9. The van der Waals surface area contributed by atoms with E-state index in [0.717, 1.165) is 34.1 Å². The van der Waals surface area contributed by atoms with Gasteiger partial charge in [0.15, 0.2) is 0 Å². The van der Waals surface area contributed by atoms with Gasteiger partial charge in [0.05, 0.1) is 8.07 Å². The molecule has 0 unspecified atom stereocenters. The molecule has 0 radical (unpaired) electrons. The molecule has 58 heavy (non-hydrogen) atoms. The molecule has 0 saturated carbocycles. The molecule has 0 aliphatic heterocycles. The van der Waals surface area contributed by atoms with Crippen LogP contribution in [-0.4, -0.2) is 8.07 Å². The van der Waals surface area contributed by atoms with E-state index in [1.54, 1.807) is 0 Å². The van der Waals surface area contributed by atoms with Gasteiger partial charge in [0.2, 0.25) is 0 Å². The molecule has 0 aliphatic carbocycles. The van der Waals surface area contributed by atoms with Crippen LogP contribution in [0.4, 0.5) is 34.1 Å². The molecule has 9 aromatic rings. The molecule has 0 heterocycles. The standard InChI is InChI=1S/C55H46N2Si/c1-58(2,3)53-38-36-51(37-39-53)56(47-17-6-4-7-18-47)49-32-28-43(29-33-49)41-24-26-42(27-25-41)44-30-34-50(35-31-44)57(48-19-8-5-9-20-48)52-21-12-16-46(40-52)55-23-13-15-45-14-10-11-22-54(45)55/h4-40H,1-3H3. The van der Waals surface area contributed by atoms with Gasteiger partial charge in [-0.2, -0.15) is 0 Å². The number of hydrogen-bond donors (Lipinski definition) is 0. The molecule has 0 spiro atoms. The Labute approximate surface area is 344 Å². The average Bonchev–Trinajstić information content (AvgIpc) is 3.28. The van der Waals surface area contributed by atoms with Gasteiger partial charge in [0, 0.05) is 34.1 Å². The van der Waals surface area contributed by atoms with Crippen LogP contribution in [0.1, 0.15) is 0 Å². The second-order valence-electron chi connectivity index (χ2n) is 15.9. The molecule has 280 valence electrons. The zero-order valence-corrected chi connectivity index (χ0v) is 34.3. The van der Waals surface area contributed by atoms with E-state index in [0.29, 0.717) is 0 Å². The van der Waals surface area contributed by atoms with Crippen molar-refractivity contribution in [2.75, 3.05) is 9.80 Å². The van der Waals surface area contributed by atoms with Gasteiger partial charge in [0.1, 0.15) is 0 Å². The van der Waals surface area contributed by atoms with Crippen LogP contribution < -0.4 is 15.0 Å². The van der Waals surface area contributed by atoms with Gasteiger partial charge in [-0.05, 0) is 117 Å². The van der Waals surface area contributed by atoms with Crippen LogP contribution in [0.5, 0.6) is 0 Å². The van der Waals surface area contributed by atoms with Crippen molar-refractivity contribution in [1.29, 1.82) is 0 Å². The van der Waals surface area contributed by atoms with Gasteiger partial charge in [-0.25, -0.2) is 0 Å². The molecule has 9 aromatic carbocycles. The van der Waals surface area contributed by atoms with Gasteiger partial charge >= 0.3 is 0 Å². The summed E-state index contributed by atoms with van der Waals surface area (Å²) >= 11 is 0. The monoisotopic (exact) mass is 762 g/mol. The number of para-hydroxylation sites is 2. The van der Waals surface area contributed by atoms with Crippen molar-refractivity contribution in [3.8, 4) is 33.4 Å². The SMILES string of the molecule is C[Si](C)(C)c1ccc(N(c2ccccc2)c2ccc(-c3ccc(-c4ccc(N(c5ccccc5)c5cccc(-c6cccc7ccccc67)c5)cc4)cc3)cc2)cc1. The predicted octanol–water partition coefficient (Wildman–Crippen LogP) is 15.3. The van der Waals surface area contributed by atoms with Crippen LogP contribution in [0.25, 0.3) is 44.2 Å². The Balaban J connectivity index is 0.972. The molecule has 0 aromatic heterocycles. The van der Waals surface area contributed by atoms with Crippen molar-refractivity contribution in [3.05, 3.63) is 224 Å². The minimum Gasteiger partial charge on any atom is -0.311 e. The smallest absolute Gasteiger partial charge is 0.0775 e. The van der Waals surface area contributed by atoms with Crippen molar-refractivity contribution in [2.24, 2.45) is 0 Å². The first-order valence-electron chi connectivity index (χ1n) is 20.1. The number of benzene rings is 9. The Bertz CT molecular complexity index is 2770. The van der Waals surface area contributed by atoms with E-state index < -0.39 is 8.07 Å². The van der Waals surface area contributed by atoms with Gasteiger partial charge in [-0.15, -0.1) is 0 Å². The van der Waals surface area contributed by atoms with Crippen molar-refractivity contribution in [1.82, 2.24) is 0 Å². The maximum Gasteiger partial charge on any atom is 0.0775 e. The van der Waals surface area contributed by atoms with E-state index in [-0.39, 0.29) is 0 Å². The van der Waals surface area contributed by atoms with E-state index >= 15 is 0 Å². The van der Waals surface area contributed by atoms with Gasteiger partial charge in [-0.1, -0.05) is 176 Å². The minimum atomic E-state index is -1.39. The fraction of sp³-hybridized carbons (Fsp3) is 0.0545. The predicted molar refractivity (Wildman–Crippen MR) is 253 cm³/mol. The third-order valence-corrected chi connectivity index (χ3v) is 13.1. The van der Waals surface area contributed by atoms with Crippen LogP contribution >= 0.6 is 0 Å². The van der Waals surface area contributed by atoms with Crippen LogP contribution in [-0.2, 0) is 0 Å². The summed E-state index contributed by atoms with van der Waals surface area (Å²) in [5.41, 5.74) is 14.0. The molecule has 0 atom stereocenters. The highest BCUT2D eigenvalue weighted by Crippen LogP contribution is 2.39. The topological polar surface area (TPSA) is 6.48 Å². The Kier molecular flexibility index (Phi) is 10.1. The quantitative estimate of drug-likeness (QED) is 0.128. The highest BCUT2D eigenvalue weighted by atomic mass is 28.3. The third-order valence-electron chi connectivity index (χ3n) is 11.0. The van der Waals surface area contributed by atoms with E-state index in [2.05, 4.69) is 254 Å². The molecule has 9 rings (SSSR count). The summed E-state index contributed by atoms with van der Waals surface area (Å²) in [5.74, 6) is 0. The number of rotatable bonds is 10. The summed E-state index contributed by atoms with van der Waals surface area (Å²) < 4.78 is 0. The summed E-state index contributed by atoms with van der Waals surface area (Å²) in [4.78, 5) is 4.68. The lowest BCUT2D eigenvalue weighted by molar-refractivity contribution is 1.28. The first-order valence-corrected chi connectivity index (χ1v) is 23.6. The molecule has 0 fully saturated rings. The zero-order chi connectivity index (χ0) is 39.5. The Morgan fingerprint density at radius 1 is 0.293 bits per heavy atom. The molecule has 3 heteroatoms. The molecule has 0 amide bonds. The zero-order valence-electron chi connectivity index (χ0n) is 33.3. The maximum atomic E-state index is 2.40. The fourth-order valence-electron chi connectivity index (χ4n) is 7.91. The van der Waals surface area contributed by atoms with Gasteiger partial charge in [-0.3, -0.25) is 0 Å². The highest BCUT2D eigenvalue weighted by Gasteiger charge is 2.19. The van der Waals surface area contributed by atoms with Crippen LogP contribution in [0.3, 0.4) is 0 Å². The number of nitrogens with zero attached hydrogens (tertiary/aromatic N) is 2. The minimum absolute atomic E-state index is 1.11. The number of anilines is 6. The average molecular weight is 763 g/mol. The first kappa shape index (κ1) is 36.7. The molecular weight excluding hydrogens is 717 g/mol. The second-order valence-corrected chi connectivity index (χ2v) is 21.0. The Morgan fingerprint density at radius 2 is 0.672 bits per heavy atom. The molecule has 0 N–H and O–H groups in total. The number of hydrogen-bond acceptors (Lipinski definition) is 2. The lowest BCUT2D eigenvalue weighted by atomic mass is 9.97. The summed E-state index contributed by atoms with van der Waals surface area (Å²) in [6.45, 7) is 7.19. The maximum absolute atomic E-state index is 2.40. The Hall–Kier alpha value is -6.94. The van der Waals surface area contributed by atoms with Crippen LogP contribution in [0.15, 0.2) is 224 Å². The fourth-order valence-corrected chi connectivity index (χ4v) is 9.08. The molecule has 0 bridgehead atoms. The normalized spacial score (nSPS) is 11.4. The Morgan fingerprint density at radius 3 is 1.19 bits per heavy atom. The molecular formula is C55H46N2Si. The van der Waals surface area contributed by atoms with E-state index in [1.807, 2.05) is 0 Å². The third kappa shape index (κ3) is 7.60. The van der Waals surface area contributed by atoms with E-state index in [4.69, 9.17) is 0 Å². The summed E-state index contributed by atoms with van der Waals surface area (Å²) in [7, 11) is -1.39. The van der Waals surface area contributed by atoms with Gasteiger partial charge < -0.3 is 9.80 Å². The van der Waals surface area contributed by atoms with Crippen LogP contribution in [0, 0.1) is 0 Å². The van der Waals surface area contributed by atoms with Crippen LogP contribution in [0.2, 0.25) is 19.6 Å². The summed E-state index contributed by atoms with van der Waals surface area (Å²) in [6.07, 6.45) is 0. The van der Waals surface area contributed by atoms with E-state index in [9.17, 15) is 0 Å². The van der Waals surface area contributed by atoms with Crippen molar-refractivity contribution in [2.45, 2.75) is 19.6 Å². The summed E-state index contributed by atoms with van der Waals surface area (Å²) in [5, 5.41) is 3.97. The summed E-state index contributed by atoms with van der Waals surface area (Å²) in [6, 6.07) is 81.3. The molecule has 0 saturated heterocycles. The molecule has 0 aliphatic rings. The van der Waals surface area contributed by atoms with Crippen molar-refractivity contribution in [3.63, 3.8) is 0 Å². The van der Waals surface area contributed by atoms with E-state index in [1.165, 1.54) is 49.3 Å². The first-order chi connectivity index (χ1) is 28.4. The van der Waals surface area contributed by atoms with Gasteiger partial charge in [0.25, 0.3) is 0 Å². The van der Waals surface area contributed by atoms with Crippen molar-refractivity contribution >= 4 is 58.2 Å². The van der Waals surface area contributed by atoms with Crippen molar-refractivity contribution < 1.29 is 0 Å². The lowest BCUT2D eigenvalue weighted by Crippen LogP contribution is -2.37. The molecule has 2 nitrogen and oxygen atoms in total. The number of fused-ring (bicyclic) bond motifs is 1.